The van der Waals surface area contributed by atoms with E-state index in [-0.39, 0.29) is 44.8 Å². The molecule has 2 aromatic rings. The van der Waals surface area contributed by atoms with Crippen molar-refractivity contribution in [1.82, 2.24) is 9.97 Å². The number of methoxy groups -OCH3 is 1. The lowest BCUT2D eigenvalue weighted by Crippen LogP contribution is -2.38. The fourth-order valence-electron chi connectivity index (χ4n) is 4.29. The molecule has 1 amide bonds. The molecule has 4 atom stereocenters. The summed E-state index contributed by atoms with van der Waals surface area (Å²) in [4.78, 5) is 25.2. The van der Waals surface area contributed by atoms with E-state index >= 15 is 4.39 Å². The summed E-state index contributed by atoms with van der Waals surface area (Å²) in [6.07, 6.45) is 4.53. The van der Waals surface area contributed by atoms with Crippen LogP contribution in [0.1, 0.15) is 36.3 Å². The number of amides is 1. The first-order valence-electron chi connectivity index (χ1n) is 10.6. The van der Waals surface area contributed by atoms with E-state index in [1.165, 1.54) is 30.2 Å². The molecule has 34 heavy (non-hydrogen) atoms. The maximum Gasteiger partial charge on any atom is 0.275 e. The topological polar surface area (TPSA) is 112 Å². The van der Waals surface area contributed by atoms with E-state index in [2.05, 4.69) is 26.9 Å². The highest BCUT2D eigenvalue weighted by Crippen LogP contribution is 2.66. The van der Waals surface area contributed by atoms with Crippen LogP contribution in [-0.2, 0) is 10.3 Å². The van der Waals surface area contributed by atoms with Gasteiger partial charge in [-0.3, -0.25) is 9.79 Å². The number of hydrogen-bond acceptors (Lipinski definition) is 8. The molecule has 0 bridgehead atoms. The third kappa shape index (κ3) is 4.37. The number of ether oxygens (including phenoxy) is 2. The number of carbonyl (C=O) groups is 1. The molecule has 11 heteroatoms. The Morgan fingerprint density at radius 2 is 2.18 bits per heavy atom. The smallest absolute Gasteiger partial charge is 0.275 e. The monoisotopic (exact) mass is 489 g/mol. The van der Waals surface area contributed by atoms with E-state index in [1.807, 2.05) is 0 Å². The molecule has 0 radical (unpaired) electrons. The Labute approximate surface area is 200 Å². The van der Waals surface area contributed by atoms with E-state index in [9.17, 15) is 9.18 Å². The quantitative estimate of drug-likeness (QED) is 0.545. The summed E-state index contributed by atoms with van der Waals surface area (Å²) in [6.45, 7) is 7.53. The molecule has 0 saturated heterocycles. The molecule has 1 aromatic heterocycles. The molecule has 2 heterocycles. The molecule has 8 nitrogen and oxygen atoms in total. The number of benzene rings is 1. The van der Waals surface area contributed by atoms with Gasteiger partial charge in [0, 0.05) is 30.3 Å². The highest BCUT2D eigenvalue weighted by atomic mass is 32.2. The lowest BCUT2D eigenvalue weighted by molar-refractivity contribution is 0.102. The van der Waals surface area contributed by atoms with Crippen LogP contribution in [0.2, 0.25) is 0 Å². The molecule has 1 fully saturated rings. The molecule has 2 aliphatic rings. The van der Waals surface area contributed by atoms with Gasteiger partial charge in [-0.05, 0) is 26.3 Å². The highest BCUT2D eigenvalue weighted by Gasteiger charge is 2.66. The first-order chi connectivity index (χ1) is 16.1. The van der Waals surface area contributed by atoms with Crippen molar-refractivity contribution in [3.05, 3.63) is 60.1 Å². The number of nitrogens with two attached hydrogens (primary N) is 1. The number of aromatic nitrogens is 2. The summed E-state index contributed by atoms with van der Waals surface area (Å²) < 4.78 is 40.1. The van der Waals surface area contributed by atoms with Crippen molar-refractivity contribution >= 4 is 28.5 Å². The lowest BCUT2D eigenvalue weighted by atomic mass is 9.85. The number of nitrogens with zero attached hydrogens (tertiary/aromatic N) is 3. The van der Waals surface area contributed by atoms with E-state index in [0.29, 0.717) is 13.0 Å². The Kier molecular flexibility index (Phi) is 6.34. The Hall–Kier alpha value is -3.05. The number of hydrogen-bond donors (Lipinski definition) is 2. The molecule has 1 saturated carbocycles. The van der Waals surface area contributed by atoms with Gasteiger partial charge in [0.05, 0.1) is 29.3 Å². The summed E-state index contributed by atoms with van der Waals surface area (Å²) in [5.74, 6) is -2.65. The van der Waals surface area contributed by atoms with Gasteiger partial charge in [0.1, 0.15) is 11.8 Å². The molecule has 4 rings (SSSR count). The number of halogens is 2. The number of aliphatic imine (C=N–C) groups is 1. The van der Waals surface area contributed by atoms with Crippen molar-refractivity contribution in [2.24, 2.45) is 16.6 Å². The molecule has 0 unspecified atom stereocenters. The molecular weight excluding hydrogens is 464 g/mol. The Morgan fingerprint density at radius 3 is 2.82 bits per heavy atom. The molecule has 0 spiro atoms. The molecule has 1 aliphatic carbocycles. The maximum atomic E-state index is 15.0. The Balaban J connectivity index is 1.60. The van der Waals surface area contributed by atoms with Crippen LogP contribution < -0.4 is 15.8 Å². The number of carbonyl (C=O) groups excluding carboxylic acids is 1. The van der Waals surface area contributed by atoms with Gasteiger partial charge in [-0.1, -0.05) is 24.4 Å². The standard InChI is InChI=1S/C23H25F2N5O3S/c1-5-12(2)33-18-10-27-16(9-28-18)20(31)29-13-6-14(19(25)15(24)7-13)22(3)17-8-23(17,11-32-4)34-21(26)30-22/h5-7,9-10,12,17H,1,8,11H2,2-4H3,(H2,26,30)(H,29,31)/t12-,17+,22+,23-/m1/s1. The fourth-order valence-corrected chi connectivity index (χ4v) is 5.74. The van der Waals surface area contributed by atoms with Gasteiger partial charge in [-0.2, -0.15) is 0 Å². The molecule has 1 aromatic carbocycles. The fraction of sp³-hybridized carbons (Fsp3) is 0.391. The van der Waals surface area contributed by atoms with Crippen LogP contribution in [0.4, 0.5) is 14.5 Å². The summed E-state index contributed by atoms with van der Waals surface area (Å²) in [5, 5.41) is 2.84. The third-order valence-electron chi connectivity index (χ3n) is 6.07. The van der Waals surface area contributed by atoms with Gasteiger partial charge in [0.25, 0.3) is 5.91 Å². The van der Waals surface area contributed by atoms with Crippen molar-refractivity contribution in [1.29, 1.82) is 0 Å². The minimum atomic E-state index is -1.11. The minimum Gasteiger partial charge on any atom is -0.469 e. The maximum absolute atomic E-state index is 15.0. The zero-order valence-electron chi connectivity index (χ0n) is 19.0. The van der Waals surface area contributed by atoms with E-state index in [0.717, 1.165) is 6.07 Å². The van der Waals surface area contributed by atoms with Gasteiger partial charge >= 0.3 is 0 Å². The van der Waals surface area contributed by atoms with Gasteiger partial charge < -0.3 is 20.5 Å². The number of amidine groups is 1. The highest BCUT2D eigenvalue weighted by molar-refractivity contribution is 8.15. The summed E-state index contributed by atoms with van der Waals surface area (Å²) in [6, 6.07) is 2.30. The average Bonchev–Trinajstić information content (AvgIpc) is 3.51. The van der Waals surface area contributed by atoms with Crippen LogP contribution in [0, 0.1) is 17.6 Å². The van der Waals surface area contributed by atoms with Crippen LogP contribution in [-0.4, -0.2) is 45.6 Å². The number of nitrogens with one attached hydrogen (secondary N) is 1. The number of rotatable bonds is 8. The zero-order valence-corrected chi connectivity index (χ0v) is 19.8. The zero-order chi connectivity index (χ0) is 24.7. The van der Waals surface area contributed by atoms with E-state index in [4.69, 9.17) is 15.2 Å². The van der Waals surface area contributed by atoms with Crippen molar-refractivity contribution in [3.63, 3.8) is 0 Å². The molecule has 1 aliphatic heterocycles. The first-order valence-corrected chi connectivity index (χ1v) is 11.4. The summed E-state index contributed by atoms with van der Waals surface area (Å²) >= 11 is 1.40. The Bertz CT molecular complexity index is 1160. The van der Waals surface area contributed by atoms with E-state index < -0.39 is 23.1 Å². The predicted molar refractivity (Wildman–Crippen MR) is 126 cm³/mol. The van der Waals surface area contributed by atoms with Gasteiger partial charge in [0.15, 0.2) is 16.8 Å². The largest absolute Gasteiger partial charge is 0.469 e. The second kappa shape index (κ2) is 8.95. The second-order valence-electron chi connectivity index (χ2n) is 8.53. The number of fused-ring (bicyclic) bond motifs is 1. The van der Waals surface area contributed by atoms with Crippen molar-refractivity contribution < 1.29 is 23.0 Å². The van der Waals surface area contributed by atoms with E-state index in [1.54, 1.807) is 27.0 Å². The molecule has 3 N–H and O–H groups in total. The van der Waals surface area contributed by atoms with Gasteiger partial charge in [-0.25, -0.2) is 18.7 Å². The van der Waals surface area contributed by atoms with Crippen molar-refractivity contribution in [3.8, 4) is 5.88 Å². The van der Waals surface area contributed by atoms with Gasteiger partial charge in [0.2, 0.25) is 5.88 Å². The van der Waals surface area contributed by atoms with Crippen LogP contribution in [0.15, 0.2) is 42.2 Å². The van der Waals surface area contributed by atoms with Crippen LogP contribution in [0.5, 0.6) is 5.88 Å². The van der Waals surface area contributed by atoms with Crippen LogP contribution in [0.3, 0.4) is 0 Å². The van der Waals surface area contributed by atoms with Crippen molar-refractivity contribution in [2.45, 2.75) is 36.7 Å². The average molecular weight is 490 g/mol. The van der Waals surface area contributed by atoms with Crippen LogP contribution >= 0.6 is 11.8 Å². The lowest BCUT2D eigenvalue weighted by Gasteiger charge is -2.34. The minimum absolute atomic E-state index is 0.0160. The first kappa shape index (κ1) is 24.1. The van der Waals surface area contributed by atoms with Crippen LogP contribution in [0.25, 0.3) is 0 Å². The predicted octanol–water partition coefficient (Wildman–Crippen LogP) is 3.64. The van der Waals surface area contributed by atoms with Gasteiger partial charge in [-0.15, -0.1) is 0 Å². The van der Waals surface area contributed by atoms with Crippen molar-refractivity contribution in [2.75, 3.05) is 19.0 Å². The number of thioether (sulfide) groups is 1. The summed E-state index contributed by atoms with van der Waals surface area (Å²) in [5.41, 5.74) is 5.00. The number of anilines is 1. The summed E-state index contributed by atoms with van der Waals surface area (Å²) in [7, 11) is 1.59. The second-order valence-corrected chi connectivity index (χ2v) is 9.96. The molecule has 180 valence electrons. The third-order valence-corrected chi connectivity index (χ3v) is 7.35. The molecular formula is C23H25F2N5O3S. The Morgan fingerprint density at radius 1 is 1.41 bits per heavy atom. The SMILES string of the molecule is C=C[C@@H](C)Oc1cnc(C(=O)Nc2cc(F)c(F)c([C@]3(C)N=C(N)S[C@@]4(COC)C[C@H]43)c2)cn1. The normalized spacial score (nSPS) is 26.1.